The number of hydrogen-bond acceptors (Lipinski definition) is 5. The van der Waals surface area contributed by atoms with E-state index in [4.69, 9.17) is 14.2 Å². The molecule has 0 heterocycles. The summed E-state index contributed by atoms with van der Waals surface area (Å²) in [5.41, 5.74) is 1.06. The fourth-order valence-corrected chi connectivity index (χ4v) is 2.37. The molecule has 0 aromatic heterocycles. The largest absolute Gasteiger partial charge is 0.496 e. The highest BCUT2D eigenvalue weighted by molar-refractivity contribution is 5.82. The van der Waals surface area contributed by atoms with Gasteiger partial charge in [0.1, 0.15) is 5.75 Å². The van der Waals surface area contributed by atoms with Crippen molar-refractivity contribution in [1.82, 2.24) is 5.32 Å². The van der Waals surface area contributed by atoms with E-state index in [1.165, 1.54) is 21.1 Å². The van der Waals surface area contributed by atoms with E-state index in [9.17, 15) is 22.8 Å². The maximum absolute atomic E-state index is 12.3. The Morgan fingerprint density at radius 1 is 1.23 bits per heavy atom. The van der Waals surface area contributed by atoms with E-state index in [1.807, 2.05) is 5.32 Å². The first-order chi connectivity index (χ1) is 12.1. The number of methoxy groups -OCH3 is 2. The minimum Gasteiger partial charge on any atom is -0.496 e. The average molecular weight is 377 g/mol. The molecule has 0 bridgehead atoms. The van der Waals surface area contributed by atoms with E-state index < -0.39 is 30.2 Å². The van der Waals surface area contributed by atoms with Crippen LogP contribution >= 0.6 is 0 Å². The molecular weight excluding hydrogens is 355 g/mol. The highest BCUT2D eigenvalue weighted by Crippen LogP contribution is 2.27. The molecule has 1 aromatic carbocycles. The summed E-state index contributed by atoms with van der Waals surface area (Å²) in [4.78, 5) is 22.9. The van der Waals surface area contributed by atoms with E-state index in [1.54, 1.807) is 25.1 Å². The van der Waals surface area contributed by atoms with Crippen LogP contribution in [0.2, 0.25) is 0 Å². The van der Waals surface area contributed by atoms with Crippen LogP contribution < -0.4 is 10.1 Å². The van der Waals surface area contributed by atoms with Crippen LogP contribution in [0.15, 0.2) is 18.2 Å². The topological polar surface area (TPSA) is 73.9 Å². The van der Waals surface area contributed by atoms with Gasteiger partial charge in [-0.3, -0.25) is 4.79 Å². The Hall–Kier alpha value is -2.29. The van der Waals surface area contributed by atoms with Gasteiger partial charge in [-0.1, -0.05) is 12.1 Å². The van der Waals surface area contributed by atoms with Gasteiger partial charge in [-0.2, -0.15) is 13.2 Å². The number of carbonyl (C=O) groups is 2. The molecule has 2 atom stereocenters. The first-order valence-electron chi connectivity index (χ1n) is 7.87. The number of hydrogen-bond donors (Lipinski definition) is 1. The molecule has 1 rings (SSSR count). The van der Waals surface area contributed by atoms with Crippen molar-refractivity contribution in [2.24, 2.45) is 0 Å². The first-order valence-corrected chi connectivity index (χ1v) is 7.87. The highest BCUT2D eigenvalue weighted by Gasteiger charge is 2.39. The predicted molar refractivity (Wildman–Crippen MR) is 86.7 cm³/mol. The van der Waals surface area contributed by atoms with Gasteiger partial charge >= 0.3 is 18.1 Å². The van der Waals surface area contributed by atoms with Gasteiger partial charge < -0.3 is 19.5 Å². The summed E-state index contributed by atoms with van der Waals surface area (Å²) in [6.07, 6.45) is -5.77. The Morgan fingerprint density at radius 2 is 1.88 bits per heavy atom. The Bertz CT molecular complexity index is 633. The molecule has 1 aromatic rings. The van der Waals surface area contributed by atoms with Gasteiger partial charge in [0, 0.05) is 13.2 Å². The molecule has 0 radical (unpaired) electrons. The maximum atomic E-state index is 12.3. The molecule has 1 N–H and O–H groups in total. The number of benzene rings is 1. The van der Waals surface area contributed by atoms with Crippen LogP contribution in [0.25, 0.3) is 0 Å². The van der Waals surface area contributed by atoms with Crippen molar-refractivity contribution in [3.05, 3.63) is 29.3 Å². The molecule has 146 valence electrons. The van der Waals surface area contributed by atoms with Gasteiger partial charge in [0.15, 0.2) is 6.10 Å². The van der Waals surface area contributed by atoms with Crippen molar-refractivity contribution < 1.29 is 37.0 Å². The zero-order valence-electron chi connectivity index (χ0n) is 15.0. The monoisotopic (exact) mass is 377 g/mol. The molecule has 26 heavy (non-hydrogen) atoms. The summed E-state index contributed by atoms with van der Waals surface area (Å²) in [5, 5.41) is 1.88. The maximum Gasteiger partial charge on any atom is 0.471 e. The quantitative estimate of drug-likeness (QED) is 0.705. The zero-order valence-corrected chi connectivity index (χ0v) is 15.0. The third-order valence-electron chi connectivity index (χ3n) is 3.51. The van der Waals surface area contributed by atoms with E-state index in [0.717, 1.165) is 0 Å². The summed E-state index contributed by atoms with van der Waals surface area (Å²) in [6.45, 7) is 3.32. The van der Waals surface area contributed by atoms with Crippen molar-refractivity contribution in [2.75, 3.05) is 20.8 Å². The molecule has 9 heteroatoms. The van der Waals surface area contributed by atoms with E-state index in [-0.39, 0.29) is 13.0 Å². The predicted octanol–water partition coefficient (Wildman–Crippen LogP) is 2.56. The van der Waals surface area contributed by atoms with Crippen LogP contribution in [0.5, 0.6) is 5.75 Å². The molecule has 1 amide bonds. The van der Waals surface area contributed by atoms with Crippen molar-refractivity contribution in [2.45, 2.75) is 38.6 Å². The third kappa shape index (κ3) is 5.91. The Balaban J connectivity index is 2.95. The molecule has 0 saturated heterocycles. The van der Waals surface area contributed by atoms with Crippen molar-refractivity contribution in [3.8, 4) is 5.75 Å². The number of rotatable bonds is 8. The number of amides is 1. The Morgan fingerprint density at radius 3 is 2.38 bits per heavy atom. The van der Waals surface area contributed by atoms with Crippen LogP contribution in [0.4, 0.5) is 13.2 Å². The van der Waals surface area contributed by atoms with Crippen molar-refractivity contribution >= 4 is 11.9 Å². The van der Waals surface area contributed by atoms with E-state index in [0.29, 0.717) is 16.9 Å². The summed E-state index contributed by atoms with van der Waals surface area (Å²) in [5.74, 6) is -2.19. The number of alkyl halides is 3. The molecule has 0 saturated carbocycles. The zero-order chi connectivity index (χ0) is 19.9. The van der Waals surface area contributed by atoms with Gasteiger partial charge in [-0.25, -0.2) is 4.79 Å². The second kappa shape index (κ2) is 9.42. The third-order valence-corrected chi connectivity index (χ3v) is 3.51. The highest BCUT2D eigenvalue weighted by atomic mass is 19.4. The normalized spacial score (nSPS) is 13.7. The standard InChI is InChI=1S/C17H22F3NO5/c1-5-26-15(22)14(25-4)12-7-6-11(13(9-12)24-3)8-10(2)21-16(23)17(18,19)20/h6-7,9-10,14H,5,8H2,1-4H3,(H,21,23). The van der Waals surface area contributed by atoms with Crippen molar-refractivity contribution in [3.63, 3.8) is 0 Å². The lowest BCUT2D eigenvalue weighted by Gasteiger charge is -2.19. The van der Waals surface area contributed by atoms with Crippen LogP contribution in [-0.2, 0) is 25.5 Å². The van der Waals surface area contributed by atoms with Crippen LogP contribution in [-0.4, -0.2) is 44.9 Å². The van der Waals surface area contributed by atoms with Gasteiger partial charge in [0.25, 0.3) is 0 Å². The number of nitrogens with one attached hydrogen (secondary N) is 1. The summed E-state index contributed by atoms with van der Waals surface area (Å²) >= 11 is 0. The molecule has 2 unspecified atom stereocenters. The van der Waals surface area contributed by atoms with Gasteiger partial charge in [-0.15, -0.1) is 0 Å². The summed E-state index contributed by atoms with van der Waals surface area (Å²) in [6, 6.07) is 3.99. The van der Waals surface area contributed by atoms with Crippen LogP contribution in [0.1, 0.15) is 31.1 Å². The van der Waals surface area contributed by atoms with E-state index in [2.05, 4.69) is 0 Å². The summed E-state index contributed by atoms with van der Waals surface area (Å²) in [7, 11) is 2.75. The minimum absolute atomic E-state index is 0.113. The molecule has 0 spiro atoms. The molecule has 0 aliphatic carbocycles. The van der Waals surface area contributed by atoms with E-state index >= 15 is 0 Å². The summed E-state index contributed by atoms with van der Waals surface area (Å²) < 4.78 is 52.3. The smallest absolute Gasteiger partial charge is 0.471 e. The number of esters is 1. The minimum atomic E-state index is -4.94. The van der Waals surface area contributed by atoms with Gasteiger partial charge in [0.05, 0.1) is 13.7 Å². The first kappa shape index (κ1) is 21.8. The SMILES string of the molecule is CCOC(=O)C(OC)c1ccc(CC(C)NC(=O)C(F)(F)F)c(OC)c1. The lowest BCUT2D eigenvalue weighted by Crippen LogP contribution is -2.42. The van der Waals surface area contributed by atoms with Gasteiger partial charge in [0.2, 0.25) is 0 Å². The Labute approximate surface area is 149 Å². The van der Waals surface area contributed by atoms with Gasteiger partial charge in [-0.05, 0) is 37.5 Å². The van der Waals surface area contributed by atoms with Crippen LogP contribution in [0.3, 0.4) is 0 Å². The number of carbonyl (C=O) groups excluding carboxylic acids is 2. The molecular formula is C17H22F3NO5. The number of ether oxygens (including phenoxy) is 3. The van der Waals surface area contributed by atoms with Crippen molar-refractivity contribution in [1.29, 1.82) is 0 Å². The number of halogens is 3. The fraction of sp³-hybridized carbons (Fsp3) is 0.529. The molecule has 0 fully saturated rings. The Kier molecular flexibility index (Phi) is 7.88. The molecule has 0 aliphatic heterocycles. The fourth-order valence-electron chi connectivity index (χ4n) is 2.37. The second-order valence-electron chi connectivity index (χ2n) is 5.52. The average Bonchev–Trinajstić information content (AvgIpc) is 2.55. The van der Waals surface area contributed by atoms with Crippen LogP contribution in [0, 0.1) is 0 Å². The second-order valence-corrected chi connectivity index (χ2v) is 5.52. The molecule has 0 aliphatic rings. The lowest BCUT2D eigenvalue weighted by atomic mass is 10.0. The lowest BCUT2D eigenvalue weighted by molar-refractivity contribution is -0.174. The molecule has 6 nitrogen and oxygen atoms in total.